The summed E-state index contributed by atoms with van der Waals surface area (Å²) < 4.78 is 18.2. The van der Waals surface area contributed by atoms with Crippen LogP contribution in [0.4, 0.5) is 4.39 Å². The maximum Gasteiger partial charge on any atom is 0.246 e. The third-order valence-electron chi connectivity index (χ3n) is 2.87. The fraction of sp³-hybridized carbons (Fsp3) is 0.357. The van der Waals surface area contributed by atoms with Gasteiger partial charge in [0.05, 0.1) is 19.8 Å². The molecule has 0 spiro atoms. The van der Waals surface area contributed by atoms with Crippen LogP contribution in [-0.4, -0.2) is 42.7 Å². The molecule has 0 fully saturated rings. The molecule has 1 amide bonds. The van der Waals surface area contributed by atoms with E-state index in [4.69, 9.17) is 9.84 Å². The predicted molar refractivity (Wildman–Crippen MR) is 71.3 cm³/mol. The predicted octanol–water partition coefficient (Wildman–Crippen LogP) is 1.69. The fourth-order valence-corrected chi connectivity index (χ4v) is 1.41. The smallest absolute Gasteiger partial charge is 0.246 e. The molecule has 0 radical (unpaired) electrons. The number of hydrogen-bond donors (Lipinski definition) is 1. The summed E-state index contributed by atoms with van der Waals surface area (Å²) in [5, 5.41) is 8.95. The zero-order chi connectivity index (χ0) is 14.4. The van der Waals surface area contributed by atoms with E-state index in [-0.39, 0.29) is 24.3 Å². The minimum Gasteiger partial charge on any atom is -0.494 e. The number of ether oxygens (including phenoxy) is 1. The Hall–Kier alpha value is -1.88. The van der Waals surface area contributed by atoms with Crippen molar-refractivity contribution < 1.29 is 19.0 Å². The van der Waals surface area contributed by atoms with Crippen LogP contribution in [0.15, 0.2) is 24.3 Å². The van der Waals surface area contributed by atoms with Crippen molar-refractivity contribution >= 4 is 12.0 Å². The summed E-state index contributed by atoms with van der Waals surface area (Å²) >= 11 is 0. The Morgan fingerprint density at radius 1 is 1.58 bits per heavy atom. The molecule has 0 saturated heterocycles. The third kappa shape index (κ3) is 4.06. The van der Waals surface area contributed by atoms with Gasteiger partial charge in [-0.2, -0.15) is 0 Å². The van der Waals surface area contributed by atoms with Crippen LogP contribution >= 0.6 is 0 Å². The number of likely N-dealkylation sites (N-methyl/N-ethyl adjacent to an activating group) is 1. The third-order valence-corrected chi connectivity index (χ3v) is 2.87. The van der Waals surface area contributed by atoms with Crippen molar-refractivity contribution in [1.29, 1.82) is 0 Å². The lowest BCUT2D eigenvalue weighted by Crippen LogP contribution is -2.36. The van der Waals surface area contributed by atoms with Gasteiger partial charge in [0.15, 0.2) is 11.6 Å². The molecule has 1 N–H and O–H groups in total. The maximum absolute atomic E-state index is 13.4. The molecular weight excluding hydrogens is 249 g/mol. The summed E-state index contributed by atoms with van der Waals surface area (Å²) in [6.07, 6.45) is 2.86. The van der Waals surface area contributed by atoms with Gasteiger partial charge in [0.2, 0.25) is 5.91 Å². The number of amides is 1. The number of aliphatic hydroxyl groups is 1. The molecule has 1 unspecified atom stereocenters. The number of methoxy groups -OCH3 is 1. The van der Waals surface area contributed by atoms with E-state index < -0.39 is 5.82 Å². The highest BCUT2D eigenvalue weighted by atomic mass is 19.1. The molecule has 1 atom stereocenters. The number of halogens is 1. The number of carbonyl (C=O) groups is 1. The van der Waals surface area contributed by atoms with Crippen LogP contribution < -0.4 is 4.74 Å². The fourth-order valence-electron chi connectivity index (χ4n) is 1.41. The molecule has 0 aliphatic rings. The summed E-state index contributed by atoms with van der Waals surface area (Å²) in [7, 11) is 2.99. The second-order valence-electron chi connectivity index (χ2n) is 4.21. The normalized spacial score (nSPS) is 12.5. The minimum absolute atomic E-state index is 0.104. The topological polar surface area (TPSA) is 49.8 Å². The van der Waals surface area contributed by atoms with Gasteiger partial charge in [-0.1, -0.05) is 6.07 Å². The van der Waals surface area contributed by atoms with Crippen LogP contribution in [0.5, 0.6) is 5.75 Å². The summed E-state index contributed by atoms with van der Waals surface area (Å²) in [5.41, 5.74) is 0.566. The zero-order valence-corrected chi connectivity index (χ0v) is 11.3. The standard InChI is InChI=1S/C14H18FNO3/c1-10(9-17)16(2)14(18)7-5-11-4-6-13(19-3)12(15)8-11/h4-8,10,17H,9H2,1-3H3/b7-5+. The van der Waals surface area contributed by atoms with Gasteiger partial charge in [0, 0.05) is 13.1 Å². The number of benzene rings is 1. The van der Waals surface area contributed by atoms with Crippen LogP contribution in [0.1, 0.15) is 12.5 Å². The first kappa shape index (κ1) is 15.2. The molecule has 1 rings (SSSR count). The van der Waals surface area contributed by atoms with Gasteiger partial charge >= 0.3 is 0 Å². The Balaban J connectivity index is 2.76. The van der Waals surface area contributed by atoms with Crippen molar-refractivity contribution in [2.45, 2.75) is 13.0 Å². The van der Waals surface area contributed by atoms with Gasteiger partial charge in [0.1, 0.15) is 0 Å². The summed E-state index contributed by atoms with van der Waals surface area (Å²) in [6, 6.07) is 4.18. The molecule has 0 aromatic heterocycles. The number of carbonyl (C=O) groups excluding carboxylic acids is 1. The SMILES string of the molecule is COc1ccc(/C=C/C(=O)N(C)C(C)CO)cc1F. The largest absolute Gasteiger partial charge is 0.494 e. The van der Waals surface area contributed by atoms with Gasteiger partial charge in [-0.15, -0.1) is 0 Å². The molecule has 104 valence electrons. The van der Waals surface area contributed by atoms with Gasteiger partial charge in [0.25, 0.3) is 0 Å². The Labute approximate surface area is 112 Å². The molecule has 0 aliphatic carbocycles. The average Bonchev–Trinajstić information content (AvgIpc) is 2.43. The highest BCUT2D eigenvalue weighted by Gasteiger charge is 2.11. The number of nitrogens with zero attached hydrogens (tertiary/aromatic N) is 1. The van der Waals surface area contributed by atoms with Crippen molar-refractivity contribution in [3.8, 4) is 5.75 Å². The minimum atomic E-state index is -0.478. The van der Waals surface area contributed by atoms with Crippen LogP contribution in [0, 0.1) is 5.82 Å². The molecule has 0 saturated carbocycles. The van der Waals surface area contributed by atoms with Gasteiger partial charge < -0.3 is 14.7 Å². The van der Waals surface area contributed by atoms with Crippen LogP contribution in [0.3, 0.4) is 0 Å². The van der Waals surface area contributed by atoms with Crippen molar-refractivity contribution in [1.82, 2.24) is 4.90 Å². The van der Waals surface area contributed by atoms with Crippen LogP contribution in [-0.2, 0) is 4.79 Å². The maximum atomic E-state index is 13.4. The van der Waals surface area contributed by atoms with Gasteiger partial charge in [-0.3, -0.25) is 4.79 Å². The Morgan fingerprint density at radius 2 is 2.26 bits per heavy atom. The van der Waals surface area contributed by atoms with Crippen molar-refractivity contribution in [2.24, 2.45) is 0 Å². The second kappa shape index (κ2) is 6.89. The van der Waals surface area contributed by atoms with E-state index >= 15 is 0 Å². The molecule has 5 heteroatoms. The zero-order valence-electron chi connectivity index (χ0n) is 11.3. The highest BCUT2D eigenvalue weighted by molar-refractivity contribution is 5.91. The number of rotatable bonds is 5. The summed E-state index contributed by atoms with van der Waals surface area (Å²) in [6.45, 7) is 1.63. The van der Waals surface area contributed by atoms with E-state index in [9.17, 15) is 9.18 Å². The van der Waals surface area contributed by atoms with Crippen LogP contribution in [0.25, 0.3) is 6.08 Å². The molecule has 1 aromatic rings. The molecule has 0 heterocycles. The first-order valence-corrected chi connectivity index (χ1v) is 5.89. The molecular formula is C14H18FNO3. The van der Waals surface area contributed by atoms with Gasteiger partial charge in [-0.05, 0) is 30.7 Å². The van der Waals surface area contributed by atoms with E-state index in [2.05, 4.69) is 0 Å². The van der Waals surface area contributed by atoms with Crippen molar-refractivity contribution in [2.75, 3.05) is 20.8 Å². The quantitative estimate of drug-likeness (QED) is 0.826. The molecule has 19 heavy (non-hydrogen) atoms. The van der Waals surface area contributed by atoms with Gasteiger partial charge in [-0.25, -0.2) is 4.39 Å². The van der Waals surface area contributed by atoms with E-state index in [1.165, 1.54) is 36.3 Å². The Kier molecular flexibility index (Phi) is 5.51. The Bertz CT molecular complexity index is 474. The van der Waals surface area contributed by atoms with Crippen LogP contribution in [0.2, 0.25) is 0 Å². The molecule has 0 aliphatic heterocycles. The molecule has 4 nitrogen and oxygen atoms in total. The molecule has 1 aromatic carbocycles. The lowest BCUT2D eigenvalue weighted by atomic mass is 10.2. The first-order chi connectivity index (χ1) is 8.99. The second-order valence-corrected chi connectivity index (χ2v) is 4.21. The van der Waals surface area contributed by atoms with E-state index in [1.807, 2.05) is 0 Å². The Morgan fingerprint density at radius 3 is 2.79 bits per heavy atom. The lowest BCUT2D eigenvalue weighted by Gasteiger charge is -2.21. The summed E-state index contributed by atoms with van der Waals surface area (Å²) in [5.74, 6) is -0.568. The summed E-state index contributed by atoms with van der Waals surface area (Å²) in [4.78, 5) is 13.1. The number of aliphatic hydroxyl groups excluding tert-OH is 1. The first-order valence-electron chi connectivity index (χ1n) is 5.89. The van der Waals surface area contributed by atoms with Crippen molar-refractivity contribution in [3.63, 3.8) is 0 Å². The monoisotopic (exact) mass is 267 g/mol. The lowest BCUT2D eigenvalue weighted by molar-refractivity contribution is -0.127. The molecule has 0 bridgehead atoms. The van der Waals surface area contributed by atoms with E-state index in [1.54, 1.807) is 20.0 Å². The highest BCUT2D eigenvalue weighted by Crippen LogP contribution is 2.18. The van der Waals surface area contributed by atoms with Crippen molar-refractivity contribution in [3.05, 3.63) is 35.7 Å². The van der Waals surface area contributed by atoms with E-state index in [0.29, 0.717) is 5.56 Å². The average molecular weight is 267 g/mol. The number of hydrogen-bond acceptors (Lipinski definition) is 3. The van der Waals surface area contributed by atoms with E-state index in [0.717, 1.165) is 0 Å².